The topological polar surface area (TPSA) is 93.7 Å². The number of hydrogen-bond acceptors (Lipinski definition) is 5. The van der Waals surface area contributed by atoms with Gasteiger partial charge in [-0.3, -0.25) is 4.79 Å². The summed E-state index contributed by atoms with van der Waals surface area (Å²) in [4.78, 5) is 13.1. The monoisotopic (exact) mass is 454 g/mol. The smallest absolute Gasteiger partial charge is 0.241 e. The van der Waals surface area contributed by atoms with Gasteiger partial charge >= 0.3 is 0 Å². The van der Waals surface area contributed by atoms with E-state index in [4.69, 9.17) is 9.47 Å². The second-order valence-corrected chi connectivity index (χ2v) is 8.78. The molecule has 1 amide bonds. The van der Waals surface area contributed by atoms with Crippen molar-refractivity contribution in [1.82, 2.24) is 10.0 Å². The van der Waals surface area contributed by atoms with Gasteiger partial charge in [-0.2, -0.15) is 4.72 Å². The Labute approximate surface area is 188 Å². The lowest BCUT2D eigenvalue weighted by Gasteiger charge is -2.19. The fourth-order valence-electron chi connectivity index (χ4n) is 3.20. The molecule has 0 radical (unpaired) electrons. The van der Waals surface area contributed by atoms with Crippen LogP contribution in [0.2, 0.25) is 0 Å². The van der Waals surface area contributed by atoms with Crippen molar-refractivity contribution in [2.75, 3.05) is 14.2 Å². The first-order chi connectivity index (χ1) is 15.4. The maximum atomic E-state index is 13.0. The Morgan fingerprint density at radius 2 is 1.53 bits per heavy atom. The summed E-state index contributed by atoms with van der Waals surface area (Å²) in [5.41, 5.74) is 1.63. The van der Waals surface area contributed by atoms with Gasteiger partial charge < -0.3 is 14.8 Å². The molecule has 0 bridgehead atoms. The number of amides is 1. The fourth-order valence-corrected chi connectivity index (χ4v) is 4.40. The van der Waals surface area contributed by atoms with Crippen LogP contribution in [0, 0.1) is 0 Å². The van der Waals surface area contributed by atoms with E-state index in [0.29, 0.717) is 11.5 Å². The van der Waals surface area contributed by atoms with Crippen molar-refractivity contribution in [3.05, 3.63) is 90.0 Å². The summed E-state index contributed by atoms with van der Waals surface area (Å²) in [6.45, 7) is 0.207. The Hall–Kier alpha value is -3.36. The standard InChI is InChI=1S/C24H26N2O5S/c1-30-20-12-14-21(15-13-20)32(28,29)26-22(16-18-8-4-3-5-9-18)24(27)25-17-19-10-6-7-11-23(19)31-2/h3-15,22,26H,16-17H2,1-2H3,(H,25,27). The zero-order valence-electron chi connectivity index (χ0n) is 17.9. The van der Waals surface area contributed by atoms with E-state index in [1.807, 2.05) is 48.5 Å². The molecule has 0 spiro atoms. The fraction of sp³-hybridized carbons (Fsp3) is 0.208. The van der Waals surface area contributed by atoms with E-state index in [0.717, 1.165) is 11.1 Å². The van der Waals surface area contributed by atoms with Crippen LogP contribution in [0.25, 0.3) is 0 Å². The number of nitrogens with one attached hydrogen (secondary N) is 2. The van der Waals surface area contributed by atoms with Gasteiger partial charge in [0.15, 0.2) is 0 Å². The summed E-state index contributed by atoms with van der Waals surface area (Å²) in [5.74, 6) is 0.752. The lowest BCUT2D eigenvalue weighted by Crippen LogP contribution is -2.47. The first-order valence-electron chi connectivity index (χ1n) is 10.0. The van der Waals surface area contributed by atoms with Crippen LogP contribution in [0.4, 0.5) is 0 Å². The zero-order valence-corrected chi connectivity index (χ0v) is 18.8. The minimum atomic E-state index is -3.94. The zero-order chi connectivity index (χ0) is 23.0. The maximum absolute atomic E-state index is 13.0. The van der Waals surface area contributed by atoms with Crippen molar-refractivity contribution in [3.8, 4) is 11.5 Å². The normalized spacial score (nSPS) is 12.1. The van der Waals surface area contributed by atoms with E-state index >= 15 is 0 Å². The molecule has 0 heterocycles. The molecule has 0 saturated heterocycles. The SMILES string of the molecule is COc1ccc(S(=O)(=O)NC(Cc2ccccc2)C(=O)NCc2ccccc2OC)cc1. The summed E-state index contributed by atoms with van der Waals surface area (Å²) in [7, 11) is -0.875. The molecule has 3 rings (SSSR count). The highest BCUT2D eigenvalue weighted by Gasteiger charge is 2.26. The quantitative estimate of drug-likeness (QED) is 0.491. The maximum Gasteiger partial charge on any atom is 0.241 e. The van der Waals surface area contributed by atoms with Gasteiger partial charge in [0.05, 0.1) is 19.1 Å². The van der Waals surface area contributed by atoms with Crippen molar-refractivity contribution in [3.63, 3.8) is 0 Å². The number of sulfonamides is 1. The molecule has 0 aliphatic heterocycles. The molecule has 3 aromatic carbocycles. The van der Waals surface area contributed by atoms with E-state index in [2.05, 4.69) is 10.0 Å². The first kappa shape index (κ1) is 23.3. The number of ether oxygens (including phenoxy) is 2. The van der Waals surface area contributed by atoms with Crippen LogP contribution in [0.1, 0.15) is 11.1 Å². The van der Waals surface area contributed by atoms with Crippen LogP contribution < -0.4 is 19.5 Å². The van der Waals surface area contributed by atoms with Crippen molar-refractivity contribution in [1.29, 1.82) is 0 Å². The van der Waals surface area contributed by atoms with Crippen molar-refractivity contribution >= 4 is 15.9 Å². The van der Waals surface area contributed by atoms with Crippen molar-refractivity contribution in [2.24, 2.45) is 0 Å². The number of carbonyl (C=O) groups excluding carboxylic acids is 1. The Morgan fingerprint density at radius 1 is 0.875 bits per heavy atom. The molecule has 0 aliphatic rings. The molecule has 1 unspecified atom stereocenters. The molecular formula is C24H26N2O5S. The lowest BCUT2D eigenvalue weighted by atomic mass is 10.1. The van der Waals surface area contributed by atoms with Crippen LogP contribution in [0.3, 0.4) is 0 Å². The molecule has 7 nitrogen and oxygen atoms in total. The lowest BCUT2D eigenvalue weighted by molar-refractivity contribution is -0.122. The van der Waals surface area contributed by atoms with Crippen molar-refractivity contribution < 1.29 is 22.7 Å². The van der Waals surface area contributed by atoms with Crippen molar-refractivity contribution in [2.45, 2.75) is 23.9 Å². The van der Waals surface area contributed by atoms with Gasteiger partial charge in [0.25, 0.3) is 0 Å². The molecule has 3 aromatic rings. The molecule has 0 fully saturated rings. The third kappa shape index (κ3) is 6.09. The second-order valence-electron chi connectivity index (χ2n) is 7.07. The number of methoxy groups -OCH3 is 2. The largest absolute Gasteiger partial charge is 0.497 e. The first-order valence-corrected chi connectivity index (χ1v) is 11.5. The van der Waals surface area contributed by atoms with Crippen LogP contribution in [-0.2, 0) is 27.8 Å². The molecule has 0 saturated carbocycles. The minimum Gasteiger partial charge on any atom is -0.497 e. The molecule has 168 valence electrons. The highest BCUT2D eigenvalue weighted by Crippen LogP contribution is 2.18. The van der Waals surface area contributed by atoms with Gasteiger partial charge in [-0.05, 0) is 42.3 Å². The molecule has 8 heteroatoms. The van der Waals surface area contributed by atoms with Crippen LogP contribution in [0.5, 0.6) is 11.5 Å². The molecule has 0 aliphatic carbocycles. The Balaban J connectivity index is 1.80. The highest BCUT2D eigenvalue weighted by molar-refractivity contribution is 7.89. The van der Waals surface area contributed by atoms with Gasteiger partial charge in [0.2, 0.25) is 15.9 Å². The Bertz CT molecular complexity index is 1130. The minimum absolute atomic E-state index is 0.0499. The second kappa shape index (κ2) is 10.8. The van der Waals surface area contributed by atoms with Gasteiger partial charge in [-0.15, -0.1) is 0 Å². The van der Waals surface area contributed by atoms with Gasteiger partial charge in [-0.1, -0.05) is 48.5 Å². The summed E-state index contributed by atoms with van der Waals surface area (Å²) in [6, 6.07) is 21.6. The predicted molar refractivity (Wildman–Crippen MR) is 122 cm³/mol. The van der Waals surface area contributed by atoms with Crippen LogP contribution >= 0.6 is 0 Å². The number of para-hydroxylation sites is 1. The summed E-state index contributed by atoms with van der Waals surface area (Å²) in [5, 5.41) is 2.82. The van der Waals surface area contributed by atoms with E-state index in [1.165, 1.54) is 19.2 Å². The number of carbonyl (C=O) groups is 1. The molecule has 1 atom stereocenters. The number of rotatable bonds is 10. The van der Waals surface area contributed by atoms with E-state index < -0.39 is 22.0 Å². The molecule has 0 aromatic heterocycles. The average Bonchev–Trinajstić information content (AvgIpc) is 2.82. The number of hydrogen-bond donors (Lipinski definition) is 2. The Kier molecular flexibility index (Phi) is 7.86. The van der Waals surface area contributed by atoms with Gasteiger partial charge in [0.1, 0.15) is 17.5 Å². The Morgan fingerprint density at radius 3 is 2.19 bits per heavy atom. The average molecular weight is 455 g/mol. The molecule has 2 N–H and O–H groups in total. The number of benzene rings is 3. The summed E-state index contributed by atoms with van der Waals surface area (Å²) in [6.07, 6.45) is 0.202. The highest BCUT2D eigenvalue weighted by atomic mass is 32.2. The van der Waals surface area contributed by atoms with Gasteiger partial charge in [0, 0.05) is 12.1 Å². The summed E-state index contributed by atoms with van der Waals surface area (Å²) < 4.78 is 38.9. The third-order valence-corrected chi connectivity index (χ3v) is 6.40. The van der Waals surface area contributed by atoms with Crippen LogP contribution in [-0.4, -0.2) is 34.6 Å². The third-order valence-electron chi connectivity index (χ3n) is 4.91. The van der Waals surface area contributed by atoms with Gasteiger partial charge in [-0.25, -0.2) is 8.42 Å². The molecular weight excluding hydrogens is 428 g/mol. The van der Waals surface area contributed by atoms with E-state index in [1.54, 1.807) is 25.3 Å². The van der Waals surface area contributed by atoms with E-state index in [9.17, 15) is 13.2 Å². The summed E-state index contributed by atoms with van der Waals surface area (Å²) >= 11 is 0. The van der Waals surface area contributed by atoms with E-state index in [-0.39, 0.29) is 17.9 Å². The molecule has 32 heavy (non-hydrogen) atoms. The van der Waals surface area contributed by atoms with Crippen LogP contribution in [0.15, 0.2) is 83.8 Å². The predicted octanol–water partition coefficient (Wildman–Crippen LogP) is 2.91.